The summed E-state index contributed by atoms with van der Waals surface area (Å²) in [7, 11) is -2.57. The van der Waals surface area contributed by atoms with E-state index in [9.17, 15) is 18.0 Å². The minimum atomic E-state index is -3.97. The molecule has 0 heterocycles. The maximum absolute atomic E-state index is 12.8. The molecule has 0 unspecified atom stereocenters. The molecule has 0 fully saturated rings. The van der Waals surface area contributed by atoms with E-state index < -0.39 is 15.9 Å². The highest BCUT2D eigenvalue weighted by Gasteiger charge is 2.18. The van der Waals surface area contributed by atoms with Gasteiger partial charge in [-0.25, -0.2) is 8.42 Å². The average Bonchev–Trinajstić information content (AvgIpc) is 2.74. The number of para-hydroxylation sites is 1. The molecule has 0 saturated heterocycles. The summed E-state index contributed by atoms with van der Waals surface area (Å²) >= 11 is 0. The molecule has 0 aliphatic carbocycles. The van der Waals surface area contributed by atoms with Gasteiger partial charge in [-0.2, -0.15) is 0 Å². The minimum Gasteiger partial charge on any atom is -0.495 e. The van der Waals surface area contributed by atoms with E-state index in [0.29, 0.717) is 11.4 Å². The van der Waals surface area contributed by atoms with E-state index in [0.717, 1.165) is 0 Å². The lowest BCUT2D eigenvalue weighted by atomic mass is 10.1. The lowest BCUT2D eigenvalue weighted by Gasteiger charge is -2.14. The summed E-state index contributed by atoms with van der Waals surface area (Å²) in [5, 5.41) is 5.32. The number of carbonyl (C=O) groups excluding carboxylic acids is 2. The van der Waals surface area contributed by atoms with Gasteiger partial charge in [-0.3, -0.25) is 14.3 Å². The summed E-state index contributed by atoms with van der Waals surface area (Å²) in [6.45, 7) is 1.36. The van der Waals surface area contributed by atoms with Crippen LogP contribution in [0.15, 0.2) is 77.7 Å². The van der Waals surface area contributed by atoms with Crippen LogP contribution < -0.4 is 20.1 Å². The van der Waals surface area contributed by atoms with Gasteiger partial charge in [0.25, 0.3) is 15.9 Å². The van der Waals surface area contributed by atoms with Gasteiger partial charge in [-0.05, 0) is 54.6 Å². The fourth-order valence-corrected chi connectivity index (χ4v) is 3.84. The van der Waals surface area contributed by atoms with Crippen LogP contribution in [0.1, 0.15) is 17.3 Å². The fraction of sp³-hybridized carbons (Fsp3) is 0.0909. The third-order valence-electron chi connectivity index (χ3n) is 4.22. The summed E-state index contributed by atoms with van der Waals surface area (Å²) in [6, 6.07) is 19.1. The predicted octanol–water partition coefficient (Wildman–Crippen LogP) is 3.71. The number of ether oxygens (including phenoxy) is 1. The van der Waals surface area contributed by atoms with Gasteiger partial charge in [0.2, 0.25) is 5.91 Å². The van der Waals surface area contributed by atoms with Crippen molar-refractivity contribution in [3.8, 4) is 5.75 Å². The van der Waals surface area contributed by atoms with Crippen molar-refractivity contribution in [2.24, 2.45) is 0 Å². The molecular weight excluding hydrogens is 418 g/mol. The Labute approximate surface area is 180 Å². The first-order valence-electron chi connectivity index (χ1n) is 9.23. The number of methoxy groups -OCH3 is 1. The van der Waals surface area contributed by atoms with Crippen molar-refractivity contribution in [2.75, 3.05) is 22.5 Å². The van der Waals surface area contributed by atoms with Crippen LogP contribution in [-0.4, -0.2) is 27.3 Å². The van der Waals surface area contributed by atoms with Gasteiger partial charge in [0, 0.05) is 23.9 Å². The number of hydrogen-bond donors (Lipinski definition) is 3. The molecular formula is C22H21N3O5S. The van der Waals surface area contributed by atoms with E-state index in [-0.39, 0.29) is 27.8 Å². The first kappa shape index (κ1) is 21.8. The van der Waals surface area contributed by atoms with Crippen molar-refractivity contribution in [1.29, 1.82) is 0 Å². The third kappa shape index (κ3) is 5.61. The minimum absolute atomic E-state index is 0.0113. The molecule has 8 nitrogen and oxygen atoms in total. The van der Waals surface area contributed by atoms with Gasteiger partial charge in [0.1, 0.15) is 5.75 Å². The molecule has 160 valence electrons. The molecule has 0 atom stereocenters. The van der Waals surface area contributed by atoms with Gasteiger partial charge >= 0.3 is 0 Å². The number of anilines is 3. The van der Waals surface area contributed by atoms with Gasteiger partial charge in [-0.1, -0.05) is 18.2 Å². The van der Waals surface area contributed by atoms with Crippen molar-refractivity contribution >= 4 is 38.9 Å². The second kappa shape index (κ2) is 9.31. The molecule has 9 heteroatoms. The molecule has 0 radical (unpaired) electrons. The SMILES string of the molecule is COc1ccc(C(=O)Nc2ccccc2)cc1NS(=O)(=O)c1ccc(NC(C)=O)cc1. The van der Waals surface area contributed by atoms with E-state index in [4.69, 9.17) is 4.74 Å². The quantitative estimate of drug-likeness (QED) is 0.519. The van der Waals surface area contributed by atoms with Gasteiger partial charge in [0.15, 0.2) is 0 Å². The maximum Gasteiger partial charge on any atom is 0.262 e. The van der Waals surface area contributed by atoms with Crippen LogP contribution >= 0.6 is 0 Å². The maximum atomic E-state index is 12.8. The molecule has 0 bridgehead atoms. The van der Waals surface area contributed by atoms with E-state index in [2.05, 4.69) is 15.4 Å². The highest BCUT2D eigenvalue weighted by Crippen LogP contribution is 2.29. The van der Waals surface area contributed by atoms with Crippen LogP contribution in [0.4, 0.5) is 17.1 Å². The van der Waals surface area contributed by atoms with Gasteiger partial charge < -0.3 is 15.4 Å². The summed E-state index contributed by atoms with van der Waals surface area (Å²) in [6.07, 6.45) is 0. The smallest absolute Gasteiger partial charge is 0.262 e. The zero-order valence-electron chi connectivity index (χ0n) is 16.9. The van der Waals surface area contributed by atoms with Crippen LogP contribution in [0.25, 0.3) is 0 Å². The molecule has 3 aromatic rings. The summed E-state index contributed by atoms with van der Waals surface area (Å²) in [5.74, 6) is -0.396. The second-order valence-corrected chi connectivity index (χ2v) is 8.23. The molecule has 0 saturated carbocycles. The van der Waals surface area contributed by atoms with E-state index >= 15 is 0 Å². The third-order valence-corrected chi connectivity index (χ3v) is 5.60. The fourth-order valence-electron chi connectivity index (χ4n) is 2.78. The Morgan fingerprint density at radius 1 is 0.839 bits per heavy atom. The van der Waals surface area contributed by atoms with Crippen LogP contribution in [0, 0.1) is 0 Å². The molecule has 3 N–H and O–H groups in total. The second-order valence-electron chi connectivity index (χ2n) is 6.55. The van der Waals surface area contributed by atoms with E-state index in [1.165, 1.54) is 56.5 Å². The topological polar surface area (TPSA) is 114 Å². The Balaban J connectivity index is 1.84. The van der Waals surface area contributed by atoms with Crippen molar-refractivity contribution in [1.82, 2.24) is 0 Å². The van der Waals surface area contributed by atoms with Crippen LogP contribution in [0.2, 0.25) is 0 Å². The summed E-state index contributed by atoms with van der Waals surface area (Å²) in [4.78, 5) is 23.7. The number of nitrogens with one attached hydrogen (secondary N) is 3. The monoisotopic (exact) mass is 439 g/mol. The Kier molecular flexibility index (Phi) is 6.56. The number of hydrogen-bond acceptors (Lipinski definition) is 5. The summed E-state index contributed by atoms with van der Waals surface area (Å²) in [5.41, 5.74) is 1.46. The lowest BCUT2D eigenvalue weighted by molar-refractivity contribution is -0.114. The van der Waals surface area contributed by atoms with Crippen molar-refractivity contribution in [2.45, 2.75) is 11.8 Å². The predicted molar refractivity (Wildman–Crippen MR) is 119 cm³/mol. The molecule has 0 aromatic heterocycles. The molecule has 0 spiro atoms. The Morgan fingerprint density at radius 3 is 2.10 bits per heavy atom. The number of carbonyl (C=O) groups is 2. The molecule has 3 rings (SSSR count). The van der Waals surface area contributed by atoms with Crippen molar-refractivity contribution in [3.63, 3.8) is 0 Å². The average molecular weight is 439 g/mol. The van der Waals surface area contributed by atoms with Crippen LogP contribution in [0.3, 0.4) is 0 Å². The van der Waals surface area contributed by atoms with Crippen molar-refractivity contribution in [3.05, 3.63) is 78.4 Å². The molecule has 2 amide bonds. The van der Waals surface area contributed by atoms with E-state index in [1.54, 1.807) is 24.3 Å². The van der Waals surface area contributed by atoms with Crippen LogP contribution in [-0.2, 0) is 14.8 Å². The number of rotatable bonds is 7. The number of benzene rings is 3. The zero-order valence-corrected chi connectivity index (χ0v) is 17.7. The Bertz CT molecular complexity index is 1190. The molecule has 0 aliphatic heterocycles. The molecule has 0 aliphatic rings. The first-order valence-corrected chi connectivity index (χ1v) is 10.7. The highest BCUT2D eigenvalue weighted by molar-refractivity contribution is 7.92. The Hall–Kier alpha value is -3.85. The number of amides is 2. The van der Waals surface area contributed by atoms with Crippen LogP contribution in [0.5, 0.6) is 5.75 Å². The molecule has 3 aromatic carbocycles. The zero-order chi connectivity index (χ0) is 22.4. The standard InChI is InChI=1S/C22H21N3O5S/c1-15(26)23-18-9-11-19(12-10-18)31(28,29)25-20-14-16(8-13-21(20)30-2)22(27)24-17-6-4-3-5-7-17/h3-14,25H,1-2H3,(H,23,26)(H,24,27). The van der Waals surface area contributed by atoms with Crippen molar-refractivity contribution < 1.29 is 22.7 Å². The Morgan fingerprint density at radius 2 is 1.48 bits per heavy atom. The molecule has 31 heavy (non-hydrogen) atoms. The normalized spacial score (nSPS) is 10.8. The first-order chi connectivity index (χ1) is 14.8. The number of sulfonamides is 1. The summed E-state index contributed by atoms with van der Waals surface area (Å²) < 4.78 is 33.3. The largest absolute Gasteiger partial charge is 0.495 e. The van der Waals surface area contributed by atoms with Gasteiger partial charge in [0.05, 0.1) is 17.7 Å². The lowest BCUT2D eigenvalue weighted by Crippen LogP contribution is -2.16. The van der Waals surface area contributed by atoms with Gasteiger partial charge in [-0.15, -0.1) is 0 Å². The van der Waals surface area contributed by atoms with E-state index in [1.807, 2.05) is 6.07 Å². The highest BCUT2D eigenvalue weighted by atomic mass is 32.2.